The topological polar surface area (TPSA) is 35.5 Å². The molecule has 0 saturated heterocycles. The summed E-state index contributed by atoms with van der Waals surface area (Å²) in [5.41, 5.74) is 1.03. The highest BCUT2D eigenvalue weighted by molar-refractivity contribution is 5.78. The Bertz CT molecular complexity index is 330. The number of carbonyl (C=O) groups is 1. The Balaban J connectivity index is 2.28. The minimum absolute atomic E-state index is 0.179. The predicted molar refractivity (Wildman–Crippen MR) is 67.4 cm³/mol. The standard InChI is InChI=1S/C14H20O3/c1-12(15)11-13-5-7-14(8-6-13)17-10-4-3-9-16-2/h5-8H,3-4,9-11H2,1-2H3. The van der Waals surface area contributed by atoms with Crippen molar-refractivity contribution in [3.8, 4) is 5.75 Å². The van der Waals surface area contributed by atoms with Crippen LogP contribution in [0, 0.1) is 0 Å². The lowest BCUT2D eigenvalue weighted by Crippen LogP contribution is -2.00. The van der Waals surface area contributed by atoms with Gasteiger partial charge >= 0.3 is 0 Å². The summed E-state index contributed by atoms with van der Waals surface area (Å²) in [7, 11) is 1.70. The highest BCUT2D eigenvalue weighted by Gasteiger charge is 1.98. The normalized spacial score (nSPS) is 10.2. The van der Waals surface area contributed by atoms with Crippen molar-refractivity contribution in [1.29, 1.82) is 0 Å². The maximum Gasteiger partial charge on any atom is 0.134 e. The molecular formula is C14H20O3. The number of hydrogen-bond acceptors (Lipinski definition) is 3. The highest BCUT2D eigenvalue weighted by atomic mass is 16.5. The fraction of sp³-hybridized carbons (Fsp3) is 0.500. The van der Waals surface area contributed by atoms with Crippen molar-refractivity contribution >= 4 is 5.78 Å². The van der Waals surface area contributed by atoms with Crippen LogP contribution in [0.3, 0.4) is 0 Å². The van der Waals surface area contributed by atoms with Crippen LogP contribution in [0.2, 0.25) is 0 Å². The Labute approximate surface area is 103 Å². The van der Waals surface area contributed by atoms with E-state index in [1.54, 1.807) is 14.0 Å². The maximum absolute atomic E-state index is 10.9. The number of benzene rings is 1. The molecule has 0 aliphatic heterocycles. The molecule has 3 heteroatoms. The minimum atomic E-state index is 0.179. The van der Waals surface area contributed by atoms with Crippen molar-refractivity contribution in [3.63, 3.8) is 0 Å². The van der Waals surface area contributed by atoms with E-state index < -0.39 is 0 Å². The Kier molecular flexibility index (Phi) is 6.33. The molecule has 0 unspecified atom stereocenters. The van der Waals surface area contributed by atoms with Crippen molar-refractivity contribution in [3.05, 3.63) is 29.8 Å². The number of unbranched alkanes of at least 4 members (excludes halogenated alkanes) is 1. The van der Waals surface area contributed by atoms with E-state index in [4.69, 9.17) is 9.47 Å². The van der Waals surface area contributed by atoms with Crippen LogP contribution >= 0.6 is 0 Å². The highest BCUT2D eigenvalue weighted by Crippen LogP contribution is 2.13. The fourth-order valence-corrected chi connectivity index (χ4v) is 1.53. The predicted octanol–water partition coefficient (Wildman–Crippen LogP) is 2.62. The van der Waals surface area contributed by atoms with Crippen molar-refractivity contribution in [2.24, 2.45) is 0 Å². The average molecular weight is 236 g/mol. The lowest BCUT2D eigenvalue weighted by Gasteiger charge is -2.06. The van der Waals surface area contributed by atoms with Gasteiger partial charge in [-0.2, -0.15) is 0 Å². The summed E-state index contributed by atoms with van der Waals surface area (Å²) >= 11 is 0. The molecule has 0 radical (unpaired) electrons. The smallest absolute Gasteiger partial charge is 0.134 e. The quantitative estimate of drug-likeness (QED) is 0.651. The number of rotatable bonds is 8. The summed E-state index contributed by atoms with van der Waals surface area (Å²) in [4.78, 5) is 10.9. The van der Waals surface area contributed by atoms with Crippen molar-refractivity contribution in [2.75, 3.05) is 20.3 Å². The number of carbonyl (C=O) groups excluding carboxylic acids is 1. The van der Waals surface area contributed by atoms with Gasteiger partial charge in [-0.3, -0.25) is 4.79 Å². The van der Waals surface area contributed by atoms with Gasteiger partial charge in [0.15, 0.2) is 0 Å². The third-order valence-corrected chi connectivity index (χ3v) is 2.39. The van der Waals surface area contributed by atoms with Gasteiger partial charge in [-0.1, -0.05) is 12.1 Å². The zero-order chi connectivity index (χ0) is 12.5. The molecule has 0 spiro atoms. The first-order valence-electron chi connectivity index (χ1n) is 5.92. The van der Waals surface area contributed by atoms with Gasteiger partial charge in [0.1, 0.15) is 11.5 Å². The molecule has 0 aliphatic rings. The molecule has 0 saturated carbocycles. The Morgan fingerprint density at radius 1 is 1.12 bits per heavy atom. The lowest BCUT2D eigenvalue weighted by molar-refractivity contribution is -0.116. The Morgan fingerprint density at radius 2 is 1.76 bits per heavy atom. The van der Waals surface area contributed by atoms with Gasteiger partial charge < -0.3 is 9.47 Å². The van der Waals surface area contributed by atoms with E-state index in [-0.39, 0.29) is 5.78 Å². The maximum atomic E-state index is 10.9. The van der Waals surface area contributed by atoms with Gasteiger partial charge in [-0.15, -0.1) is 0 Å². The SMILES string of the molecule is COCCCCOc1ccc(CC(C)=O)cc1. The number of ketones is 1. The van der Waals surface area contributed by atoms with Crippen LogP contribution in [0.1, 0.15) is 25.3 Å². The molecule has 0 atom stereocenters. The molecule has 0 aliphatic carbocycles. The van der Waals surface area contributed by atoms with Gasteiger partial charge in [-0.25, -0.2) is 0 Å². The molecule has 0 amide bonds. The molecule has 0 fully saturated rings. The fourth-order valence-electron chi connectivity index (χ4n) is 1.53. The van der Waals surface area contributed by atoms with E-state index in [9.17, 15) is 4.79 Å². The molecule has 0 aromatic heterocycles. The molecule has 1 aromatic carbocycles. The van der Waals surface area contributed by atoms with E-state index in [1.165, 1.54) is 0 Å². The molecular weight excluding hydrogens is 216 g/mol. The first-order chi connectivity index (χ1) is 8.22. The van der Waals surface area contributed by atoms with Crippen LogP contribution in [-0.4, -0.2) is 26.1 Å². The summed E-state index contributed by atoms with van der Waals surface area (Å²) < 4.78 is 10.5. The van der Waals surface area contributed by atoms with E-state index in [0.717, 1.165) is 30.8 Å². The molecule has 94 valence electrons. The number of ether oxygens (including phenoxy) is 2. The van der Waals surface area contributed by atoms with E-state index in [2.05, 4.69) is 0 Å². The second-order valence-electron chi connectivity index (χ2n) is 4.07. The zero-order valence-corrected chi connectivity index (χ0v) is 10.6. The van der Waals surface area contributed by atoms with Crippen molar-refractivity contribution in [1.82, 2.24) is 0 Å². The second kappa shape index (κ2) is 7.85. The van der Waals surface area contributed by atoms with E-state index in [0.29, 0.717) is 13.0 Å². The first-order valence-corrected chi connectivity index (χ1v) is 5.92. The van der Waals surface area contributed by atoms with Crippen LogP contribution in [0.15, 0.2) is 24.3 Å². The van der Waals surface area contributed by atoms with Crippen LogP contribution < -0.4 is 4.74 Å². The van der Waals surface area contributed by atoms with Gasteiger partial charge in [0.25, 0.3) is 0 Å². The molecule has 0 heterocycles. The Morgan fingerprint density at radius 3 is 2.35 bits per heavy atom. The first kappa shape index (κ1) is 13.7. The van der Waals surface area contributed by atoms with Crippen LogP contribution in [0.25, 0.3) is 0 Å². The van der Waals surface area contributed by atoms with Crippen LogP contribution in [0.4, 0.5) is 0 Å². The largest absolute Gasteiger partial charge is 0.494 e. The minimum Gasteiger partial charge on any atom is -0.494 e. The molecule has 0 bridgehead atoms. The summed E-state index contributed by atoms with van der Waals surface area (Å²) in [5.74, 6) is 1.04. The van der Waals surface area contributed by atoms with Crippen molar-refractivity contribution < 1.29 is 14.3 Å². The zero-order valence-electron chi connectivity index (χ0n) is 10.6. The molecule has 1 rings (SSSR count). The third-order valence-electron chi connectivity index (χ3n) is 2.39. The van der Waals surface area contributed by atoms with Gasteiger partial charge in [0.2, 0.25) is 0 Å². The van der Waals surface area contributed by atoms with Crippen LogP contribution in [0.5, 0.6) is 5.75 Å². The lowest BCUT2D eigenvalue weighted by atomic mass is 10.1. The van der Waals surface area contributed by atoms with Crippen molar-refractivity contribution in [2.45, 2.75) is 26.2 Å². The average Bonchev–Trinajstić information content (AvgIpc) is 2.30. The number of methoxy groups -OCH3 is 1. The van der Waals surface area contributed by atoms with Gasteiger partial charge in [-0.05, 0) is 37.5 Å². The van der Waals surface area contributed by atoms with Crippen LogP contribution in [-0.2, 0) is 16.0 Å². The number of Topliss-reactive ketones (excluding diaryl/α,β-unsaturated/α-hetero) is 1. The summed E-state index contributed by atoms with van der Waals surface area (Å²) in [6.45, 7) is 3.08. The molecule has 1 aromatic rings. The van der Waals surface area contributed by atoms with Gasteiger partial charge in [0, 0.05) is 20.1 Å². The molecule has 17 heavy (non-hydrogen) atoms. The summed E-state index contributed by atoms with van der Waals surface area (Å²) in [6, 6.07) is 7.70. The number of hydrogen-bond donors (Lipinski definition) is 0. The second-order valence-corrected chi connectivity index (χ2v) is 4.07. The monoisotopic (exact) mass is 236 g/mol. The Hall–Kier alpha value is -1.35. The van der Waals surface area contributed by atoms with E-state index in [1.807, 2.05) is 24.3 Å². The third kappa shape index (κ3) is 6.07. The van der Waals surface area contributed by atoms with Gasteiger partial charge in [0.05, 0.1) is 6.61 Å². The summed E-state index contributed by atoms with van der Waals surface area (Å²) in [5, 5.41) is 0. The summed E-state index contributed by atoms with van der Waals surface area (Å²) in [6.07, 6.45) is 2.50. The molecule has 3 nitrogen and oxygen atoms in total. The van der Waals surface area contributed by atoms with E-state index >= 15 is 0 Å². The molecule has 0 N–H and O–H groups in total.